The first-order chi connectivity index (χ1) is 14.9. The molecular formula is C23H22Cl2N4O2. The van der Waals surface area contributed by atoms with Gasteiger partial charge in [0.05, 0.1) is 10.6 Å². The van der Waals surface area contributed by atoms with Crippen LogP contribution in [0.25, 0.3) is 0 Å². The van der Waals surface area contributed by atoms with E-state index in [0.29, 0.717) is 40.8 Å². The van der Waals surface area contributed by atoms with Gasteiger partial charge in [-0.15, -0.1) is 0 Å². The van der Waals surface area contributed by atoms with Crippen molar-refractivity contribution in [1.29, 1.82) is 0 Å². The number of hydrogen-bond acceptors (Lipinski definition) is 3. The fourth-order valence-corrected chi connectivity index (χ4v) is 4.16. The summed E-state index contributed by atoms with van der Waals surface area (Å²) in [5, 5.41) is 3.69. The van der Waals surface area contributed by atoms with Crippen molar-refractivity contribution in [2.24, 2.45) is 0 Å². The lowest BCUT2D eigenvalue weighted by Crippen LogP contribution is -2.43. The summed E-state index contributed by atoms with van der Waals surface area (Å²) in [5.74, 6) is 0.460. The van der Waals surface area contributed by atoms with E-state index in [1.807, 2.05) is 37.4 Å². The first kappa shape index (κ1) is 21.4. The number of aryl methyl sites for hydroxylation is 1. The van der Waals surface area contributed by atoms with Gasteiger partial charge >= 0.3 is 0 Å². The van der Waals surface area contributed by atoms with Crippen LogP contribution in [-0.2, 0) is 11.3 Å². The molecule has 2 aromatic carbocycles. The number of amides is 2. The zero-order valence-corrected chi connectivity index (χ0v) is 18.5. The Morgan fingerprint density at radius 2 is 1.94 bits per heavy atom. The van der Waals surface area contributed by atoms with Gasteiger partial charge in [0.1, 0.15) is 11.9 Å². The van der Waals surface area contributed by atoms with Gasteiger partial charge in [0.2, 0.25) is 5.91 Å². The highest BCUT2D eigenvalue weighted by atomic mass is 35.5. The van der Waals surface area contributed by atoms with Crippen LogP contribution < -0.4 is 5.32 Å². The predicted octanol–water partition coefficient (Wildman–Crippen LogP) is 4.79. The molecule has 1 atom stereocenters. The second kappa shape index (κ2) is 9.12. The third-order valence-electron chi connectivity index (χ3n) is 5.47. The molecular weight excluding hydrogens is 435 g/mol. The Morgan fingerprint density at radius 3 is 2.65 bits per heavy atom. The van der Waals surface area contributed by atoms with Crippen LogP contribution in [0.2, 0.25) is 10.0 Å². The van der Waals surface area contributed by atoms with Gasteiger partial charge in [-0.2, -0.15) is 0 Å². The highest BCUT2D eigenvalue weighted by Crippen LogP contribution is 2.27. The quantitative estimate of drug-likeness (QED) is 0.599. The van der Waals surface area contributed by atoms with Crippen LogP contribution in [0.5, 0.6) is 0 Å². The molecule has 2 amide bonds. The number of halogens is 2. The van der Waals surface area contributed by atoms with Gasteiger partial charge < -0.3 is 14.8 Å². The minimum atomic E-state index is -0.546. The summed E-state index contributed by atoms with van der Waals surface area (Å²) in [4.78, 5) is 31.7. The van der Waals surface area contributed by atoms with Crippen molar-refractivity contribution >= 4 is 40.7 Å². The summed E-state index contributed by atoms with van der Waals surface area (Å²) < 4.78 is 2.05. The van der Waals surface area contributed by atoms with Gasteiger partial charge in [-0.25, -0.2) is 4.98 Å². The average molecular weight is 457 g/mol. The van der Waals surface area contributed by atoms with Gasteiger partial charge in [-0.3, -0.25) is 9.59 Å². The highest BCUT2D eigenvalue weighted by molar-refractivity contribution is 6.35. The third kappa shape index (κ3) is 4.75. The van der Waals surface area contributed by atoms with E-state index < -0.39 is 6.04 Å². The van der Waals surface area contributed by atoms with Crippen LogP contribution in [0.4, 0.5) is 5.69 Å². The molecule has 1 N–H and O–H groups in total. The lowest BCUT2D eigenvalue weighted by atomic mass is 10.1. The predicted molar refractivity (Wildman–Crippen MR) is 122 cm³/mol. The molecule has 1 saturated heterocycles. The van der Waals surface area contributed by atoms with Crippen LogP contribution in [0.3, 0.4) is 0 Å². The molecule has 1 aliphatic heterocycles. The van der Waals surface area contributed by atoms with E-state index in [1.165, 1.54) is 0 Å². The highest BCUT2D eigenvalue weighted by Gasteiger charge is 2.35. The molecule has 1 aliphatic rings. The average Bonchev–Trinajstić information content (AvgIpc) is 3.40. The molecule has 31 heavy (non-hydrogen) atoms. The Hall–Kier alpha value is -2.83. The van der Waals surface area contributed by atoms with E-state index in [1.54, 1.807) is 29.3 Å². The monoisotopic (exact) mass is 456 g/mol. The standard InChI is InChI=1S/C23H22Cl2N4O2/c1-15-26-10-12-28(15)14-16-4-7-18(8-5-16)27-22(30)21-3-2-11-29(21)23(31)19-13-17(24)6-9-20(19)25/h4-10,12-13,21H,2-3,11,14H2,1H3,(H,27,30). The van der Waals surface area contributed by atoms with Crippen LogP contribution in [0.1, 0.15) is 34.6 Å². The van der Waals surface area contributed by atoms with Crippen molar-refractivity contribution in [3.05, 3.63) is 81.9 Å². The Labute approximate surface area is 190 Å². The lowest BCUT2D eigenvalue weighted by Gasteiger charge is -2.24. The molecule has 3 aromatic rings. The maximum absolute atomic E-state index is 13.0. The minimum absolute atomic E-state index is 0.206. The summed E-state index contributed by atoms with van der Waals surface area (Å²) in [6.07, 6.45) is 5.07. The van der Waals surface area contributed by atoms with Gasteiger partial charge in [0.15, 0.2) is 0 Å². The topological polar surface area (TPSA) is 67.2 Å². The molecule has 1 fully saturated rings. The van der Waals surface area contributed by atoms with Crippen LogP contribution in [0, 0.1) is 6.92 Å². The number of hydrogen-bond donors (Lipinski definition) is 1. The van der Waals surface area contributed by atoms with Crippen molar-refractivity contribution in [2.75, 3.05) is 11.9 Å². The maximum Gasteiger partial charge on any atom is 0.256 e. The number of nitrogens with zero attached hydrogens (tertiary/aromatic N) is 3. The summed E-state index contributed by atoms with van der Waals surface area (Å²) in [7, 11) is 0. The smallest absolute Gasteiger partial charge is 0.256 e. The maximum atomic E-state index is 13.0. The molecule has 0 spiro atoms. The number of benzene rings is 2. The van der Waals surface area contributed by atoms with Gasteiger partial charge in [0, 0.05) is 36.2 Å². The summed E-state index contributed by atoms with van der Waals surface area (Å²) in [6, 6.07) is 11.9. The SMILES string of the molecule is Cc1nccn1Cc1ccc(NC(=O)C2CCCN2C(=O)c2cc(Cl)ccc2Cl)cc1. The van der Waals surface area contributed by atoms with Gasteiger partial charge in [0.25, 0.3) is 5.91 Å². The number of aromatic nitrogens is 2. The summed E-state index contributed by atoms with van der Waals surface area (Å²) >= 11 is 12.2. The van der Waals surface area contributed by atoms with Crippen LogP contribution in [-0.4, -0.2) is 38.9 Å². The number of carbonyl (C=O) groups is 2. The molecule has 0 saturated carbocycles. The first-order valence-corrected chi connectivity index (χ1v) is 10.8. The Bertz CT molecular complexity index is 1110. The number of nitrogens with one attached hydrogen (secondary N) is 1. The normalized spacial score (nSPS) is 15.8. The van der Waals surface area contributed by atoms with Crippen LogP contribution >= 0.6 is 23.2 Å². The zero-order valence-electron chi connectivity index (χ0n) is 17.0. The second-order valence-corrected chi connectivity index (χ2v) is 8.41. The second-order valence-electron chi connectivity index (χ2n) is 7.57. The number of carbonyl (C=O) groups excluding carboxylic acids is 2. The van der Waals surface area contributed by atoms with E-state index in [0.717, 1.165) is 17.8 Å². The third-order valence-corrected chi connectivity index (χ3v) is 6.04. The van der Waals surface area contributed by atoms with Crippen molar-refractivity contribution in [1.82, 2.24) is 14.5 Å². The number of anilines is 1. The van der Waals surface area contributed by atoms with Gasteiger partial charge in [-0.05, 0) is 55.7 Å². The fraction of sp³-hybridized carbons (Fsp3) is 0.261. The molecule has 2 heterocycles. The number of imidazole rings is 1. The molecule has 4 rings (SSSR count). The van der Waals surface area contributed by atoms with Crippen molar-refractivity contribution in [3.8, 4) is 0 Å². The number of likely N-dealkylation sites (tertiary alicyclic amines) is 1. The van der Waals surface area contributed by atoms with Crippen molar-refractivity contribution in [3.63, 3.8) is 0 Å². The summed E-state index contributed by atoms with van der Waals surface area (Å²) in [6.45, 7) is 3.17. The lowest BCUT2D eigenvalue weighted by molar-refractivity contribution is -0.119. The Kier molecular flexibility index (Phi) is 6.30. The first-order valence-electron chi connectivity index (χ1n) is 10.1. The summed E-state index contributed by atoms with van der Waals surface area (Å²) in [5.41, 5.74) is 2.11. The van der Waals surface area contributed by atoms with E-state index >= 15 is 0 Å². The molecule has 160 valence electrons. The van der Waals surface area contributed by atoms with Gasteiger partial charge in [-0.1, -0.05) is 35.3 Å². The fourth-order valence-electron chi connectivity index (χ4n) is 3.79. The molecule has 1 aromatic heterocycles. The minimum Gasteiger partial charge on any atom is -0.331 e. The molecule has 0 aliphatic carbocycles. The Morgan fingerprint density at radius 1 is 1.16 bits per heavy atom. The molecule has 0 bridgehead atoms. The molecule has 0 radical (unpaired) electrons. The van der Waals surface area contributed by atoms with E-state index in [4.69, 9.17) is 23.2 Å². The van der Waals surface area contributed by atoms with E-state index in [2.05, 4.69) is 14.9 Å². The van der Waals surface area contributed by atoms with Crippen molar-refractivity contribution in [2.45, 2.75) is 32.4 Å². The zero-order chi connectivity index (χ0) is 22.0. The molecule has 6 nitrogen and oxygen atoms in total. The Balaban J connectivity index is 1.43. The van der Waals surface area contributed by atoms with E-state index in [-0.39, 0.29) is 11.8 Å². The largest absolute Gasteiger partial charge is 0.331 e. The van der Waals surface area contributed by atoms with E-state index in [9.17, 15) is 9.59 Å². The van der Waals surface area contributed by atoms with Crippen LogP contribution in [0.15, 0.2) is 54.9 Å². The molecule has 1 unspecified atom stereocenters. The number of rotatable bonds is 5. The molecule has 8 heteroatoms. The van der Waals surface area contributed by atoms with Crippen molar-refractivity contribution < 1.29 is 9.59 Å².